The van der Waals surface area contributed by atoms with Crippen LogP contribution in [0.5, 0.6) is 0 Å². The molecule has 0 unspecified atom stereocenters. The van der Waals surface area contributed by atoms with Crippen LogP contribution in [0, 0.1) is 5.82 Å². The summed E-state index contributed by atoms with van der Waals surface area (Å²) in [6.45, 7) is 4.99. The first-order chi connectivity index (χ1) is 12.2. The standard InChI is InChI=1S/C18H21FN4OS/c1-22(11-15-9-13-8-14(19)2-3-17(13)21-15)12-16-10-20-18(25-16)23-4-6-24-7-5-23/h2-3,8-10,21H,4-7,11-12H2,1H3. The number of fused-ring (bicyclic) bond motifs is 1. The zero-order valence-electron chi connectivity index (χ0n) is 14.2. The Morgan fingerprint density at radius 3 is 2.96 bits per heavy atom. The van der Waals surface area contributed by atoms with Gasteiger partial charge in [-0.15, -0.1) is 11.3 Å². The number of morpholine rings is 1. The Morgan fingerprint density at radius 1 is 1.28 bits per heavy atom. The van der Waals surface area contributed by atoms with Crippen LogP contribution in [0.25, 0.3) is 10.9 Å². The van der Waals surface area contributed by atoms with Gasteiger partial charge in [0.15, 0.2) is 5.13 Å². The third kappa shape index (κ3) is 3.84. The van der Waals surface area contributed by atoms with Crippen LogP contribution < -0.4 is 4.90 Å². The van der Waals surface area contributed by atoms with Crippen molar-refractivity contribution in [3.63, 3.8) is 0 Å². The van der Waals surface area contributed by atoms with E-state index in [4.69, 9.17) is 4.74 Å². The minimum absolute atomic E-state index is 0.202. The molecule has 25 heavy (non-hydrogen) atoms. The molecule has 132 valence electrons. The van der Waals surface area contributed by atoms with E-state index in [0.717, 1.165) is 61.1 Å². The van der Waals surface area contributed by atoms with E-state index in [9.17, 15) is 4.39 Å². The maximum absolute atomic E-state index is 13.3. The topological polar surface area (TPSA) is 44.4 Å². The summed E-state index contributed by atoms with van der Waals surface area (Å²) in [4.78, 5) is 13.7. The van der Waals surface area contributed by atoms with Gasteiger partial charge in [-0.2, -0.15) is 0 Å². The lowest BCUT2D eigenvalue weighted by Gasteiger charge is -2.26. The van der Waals surface area contributed by atoms with Gasteiger partial charge in [0.25, 0.3) is 0 Å². The van der Waals surface area contributed by atoms with Crippen LogP contribution in [-0.4, -0.2) is 48.2 Å². The predicted molar refractivity (Wildman–Crippen MR) is 98.6 cm³/mol. The molecule has 0 bridgehead atoms. The molecule has 1 fully saturated rings. The van der Waals surface area contributed by atoms with Crippen LogP contribution in [0.2, 0.25) is 0 Å². The second-order valence-corrected chi connectivity index (χ2v) is 7.50. The van der Waals surface area contributed by atoms with Crippen molar-refractivity contribution in [2.45, 2.75) is 13.1 Å². The smallest absolute Gasteiger partial charge is 0.185 e. The molecular formula is C18H21FN4OS. The second-order valence-electron chi connectivity index (χ2n) is 6.41. The van der Waals surface area contributed by atoms with Crippen LogP contribution in [-0.2, 0) is 17.8 Å². The number of aromatic amines is 1. The Hall–Kier alpha value is -1.96. The number of H-pyrrole nitrogens is 1. The molecule has 1 N–H and O–H groups in total. The number of ether oxygens (including phenoxy) is 1. The van der Waals surface area contributed by atoms with Crippen molar-refractivity contribution in [2.24, 2.45) is 0 Å². The van der Waals surface area contributed by atoms with Crippen LogP contribution >= 0.6 is 11.3 Å². The zero-order chi connectivity index (χ0) is 17.2. The first-order valence-corrected chi connectivity index (χ1v) is 9.22. The molecular weight excluding hydrogens is 339 g/mol. The Bertz CT molecular complexity index is 856. The molecule has 2 aromatic heterocycles. The molecule has 5 nitrogen and oxygen atoms in total. The fourth-order valence-corrected chi connectivity index (χ4v) is 4.17. The lowest BCUT2D eigenvalue weighted by molar-refractivity contribution is 0.122. The third-order valence-corrected chi connectivity index (χ3v) is 5.37. The van der Waals surface area contributed by atoms with Gasteiger partial charge in [-0.3, -0.25) is 4.90 Å². The lowest BCUT2D eigenvalue weighted by atomic mass is 10.2. The summed E-state index contributed by atoms with van der Waals surface area (Å²) in [6.07, 6.45) is 1.96. The van der Waals surface area contributed by atoms with Gasteiger partial charge in [-0.05, 0) is 31.3 Å². The largest absolute Gasteiger partial charge is 0.378 e. The minimum Gasteiger partial charge on any atom is -0.378 e. The number of nitrogens with one attached hydrogen (secondary N) is 1. The Balaban J connectivity index is 1.39. The van der Waals surface area contributed by atoms with Crippen LogP contribution in [0.4, 0.5) is 9.52 Å². The van der Waals surface area contributed by atoms with Crippen molar-refractivity contribution < 1.29 is 9.13 Å². The van der Waals surface area contributed by atoms with E-state index in [-0.39, 0.29) is 5.82 Å². The summed E-state index contributed by atoms with van der Waals surface area (Å²) in [5.74, 6) is -0.202. The van der Waals surface area contributed by atoms with Gasteiger partial charge in [-0.25, -0.2) is 9.37 Å². The number of halogens is 1. The van der Waals surface area contributed by atoms with Crippen molar-refractivity contribution >= 4 is 27.4 Å². The normalized spacial score (nSPS) is 15.4. The van der Waals surface area contributed by atoms with Gasteiger partial charge < -0.3 is 14.6 Å². The molecule has 0 aliphatic carbocycles. The highest BCUT2D eigenvalue weighted by Gasteiger charge is 2.15. The molecule has 0 saturated carbocycles. The summed E-state index contributed by atoms with van der Waals surface area (Å²) in [7, 11) is 2.08. The average molecular weight is 360 g/mol. The molecule has 4 rings (SSSR count). The Kier molecular flexibility index (Phi) is 4.70. The van der Waals surface area contributed by atoms with E-state index in [1.165, 1.54) is 10.9 Å². The van der Waals surface area contributed by atoms with E-state index in [0.29, 0.717) is 0 Å². The predicted octanol–water partition coefficient (Wildman–Crippen LogP) is 3.23. The van der Waals surface area contributed by atoms with Crippen molar-refractivity contribution in [3.05, 3.63) is 46.9 Å². The summed E-state index contributed by atoms with van der Waals surface area (Å²) in [5, 5.41) is 1.99. The molecule has 0 radical (unpaired) electrons. The number of nitrogens with zero attached hydrogens (tertiary/aromatic N) is 3. The molecule has 0 amide bonds. The van der Waals surface area contributed by atoms with Gasteiger partial charge in [0.2, 0.25) is 0 Å². The van der Waals surface area contributed by atoms with Gasteiger partial charge in [0, 0.05) is 53.8 Å². The quantitative estimate of drug-likeness (QED) is 0.759. The fraction of sp³-hybridized carbons (Fsp3) is 0.389. The van der Waals surface area contributed by atoms with Crippen LogP contribution in [0.3, 0.4) is 0 Å². The molecule has 0 atom stereocenters. The first-order valence-electron chi connectivity index (χ1n) is 8.40. The van der Waals surface area contributed by atoms with E-state index >= 15 is 0 Å². The molecule has 1 aliphatic rings. The van der Waals surface area contributed by atoms with E-state index in [2.05, 4.69) is 26.8 Å². The lowest BCUT2D eigenvalue weighted by Crippen LogP contribution is -2.36. The third-order valence-electron chi connectivity index (χ3n) is 4.33. The zero-order valence-corrected chi connectivity index (χ0v) is 15.0. The van der Waals surface area contributed by atoms with E-state index < -0.39 is 0 Å². The molecule has 7 heteroatoms. The summed E-state index contributed by atoms with van der Waals surface area (Å²) in [5.41, 5.74) is 2.05. The number of thiazole rings is 1. The Labute approximate surface area is 150 Å². The fourth-order valence-electron chi connectivity index (χ4n) is 3.13. The summed E-state index contributed by atoms with van der Waals surface area (Å²) >= 11 is 1.74. The number of rotatable bonds is 5. The summed E-state index contributed by atoms with van der Waals surface area (Å²) < 4.78 is 18.7. The monoisotopic (exact) mass is 360 g/mol. The molecule has 3 aromatic rings. The van der Waals surface area contributed by atoms with Crippen molar-refractivity contribution in [3.8, 4) is 0 Å². The highest BCUT2D eigenvalue weighted by Crippen LogP contribution is 2.25. The summed E-state index contributed by atoms with van der Waals surface area (Å²) in [6, 6.07) is 6.84. The minimum atomic E-state index is -0.202. The highest BCUT2D eigenvalue weighted by atomic mass is 32.1. The number of anilines is 1. The number of hydrogen-bond acceptors (Lipinski definition) is 5. The van der Waals surface area contributed by atoms with Crippen molar-refractivity contribution in [1.82, 2.24) is 14.9 Å². The second kappa shape index (κ2) is 7.11. The maximum atomic E-state index is 13.3. The van der Waals surface area contributed by atoms with Crippen LogP contribution in [0.1, 0.15) is 10.6 Å². The average Bonchev–Trinajstić information content (AvgIpc) is 3.21. The number of aromatic nitrogens is 2. The molecule has 1 aliphatic heterocycles. The van der Waals surface area contributed by atoms with E-state index in [1.54, 1.807) is 23.5 Å². The van der Waals surface area contributed by atoms with Gasteiger partial charge in [0.05, 0.1) is 13.2 Å². The highest BCUT2D eigenvalue weighted by molar-refractivity contribution is 7.15. The van der Waals surface area contributed by atoms with Crippen molar-refractivity contribution in [1.29, 1.82) is 0 Å². The van der Waals surface area contributed by atoms with Gasteiger partial charge in [-0.1, -0.05) is 0 Å². The van der Waals surface area contributed by atoms with Gasteiger partial charge >= 0.3 is 0 Å². The van der Waals surface area contributed by atoms with E-state index in [1.807, 2.05) is 12.3 Å². The SMILES string of the molecule is CN(Cc1cc2cc(F)ccc2[nH]1)Cc1cnc(N2CCOCC2)s1. The van der Waals surface area contributed by atoms with Crippen molar-refractivity contribution in [2.75, 3.05) is 38.3 Å². The van der Waals surface area contributed by atoms with Gasteiger partial charge in [0.1, 0.15) is 5.82 Å². The molecule has 1 saturated heterocycles. The Morgan fingerprint density at radius 2 is 2.12 bits per heavy atom. The number of benzene rings is 1. The molecule has 0 spiro atoms. The number of hydrogen-bond donors (Lipinski definition) is 1. The first kappa shape index (κ1) is 16.5. The molecule has 1 aromatic carbocycles. The maximum Gasteiger partial charge on any atom is 0.185 e. The van der Waals surface area contributed by atoms with Crippen LogP contribution in [0.15, 0.2) is 30.5 Å². The molecule has 3 heterocycles.